The van der Waals surface area contributed by atoms with Crippen molar-refractivity contribution in [2.45, 2.75) is 64.7 Å². The van der Waals surface area contributed by atoms with Crippen molar-refractivity contribution in [3.8, 4) is 0 Å². The molecule has 1 rings (SSSR count). The molecule has 1 saturated heterocycles. The quantitative estimate of drug-likeness (QED) is 0.661. The van der Waals surface area contributed by atoms with Gasteiger partial charge in [-0.3, -0.25) is 0 Å². The molecule has 0 aromatic rings. The highest BCUT2D eigenvalue weighted by atomic mass is 16.6. The van der Waals surface area contributed by atoms with Gasteiger partial charge in [0.2, 0.25) is 0 Å². The van der Waals surface area contributed by atoms with Gasteiger partial charge >= 0.3 is 0 Å². The van der Waals surface area contributed by atoms with E-state index in [1.165, 1.54) is 5.06 Å². The van der Waals surface area contributed by atoms with E-state index in [0.29, 0.717) is 0 Å². The fraction of sp³-hybridized carbons (Fsp3) is 1.00. The van der Waals surface area contributed by atoms with Crippen LogP contribution in [0.3, 0.4) is 0 Å². The lowest BCUT2D eigenvalue weighted by Gasteiger charge is -2.51. The number of piperidine rings is 1. The van der Waals surface area contributed by atoms with Crippen molar-refractivity contribution in [1.29, 1.82) is 0 Å². The Hall–Kier alpha value is -0.160. The van der Waals surface area contributed by atoms with E-state index in [4.69, 9.17) is 0 Å². The molecule has 4 nitrogen and oxygen atoms in total. The Bertz CT molecular complexity index is 191. The SMILES string of the molecule is CC1CCCC(N(O)C(C)(C)C)N1[O-]. The Balaban J connectivity index is 2.67. The van der Waals surface area contributed by atoms with E-state index < -0.39 is 0 Å². The third-order valence-electron chi connectivity index (χ3n) is 2.78. The summed E-state index contributed by atoms with van der Waals surface area (Å²) in [5.41, 5.74) is -0.371. The van der Waals surface area contributed by atoms with E-state index >= 15 is 0 Å². The molecule has 1 aliphatic heterocycles. The fourth-order valence-electron chi connectivity index (χ4n) is 1.82. The van der Waals surface area contributed by atoms with Crippen molar-refractivity contribution >= 4 is 0 Å². The van der Waals surface area contributed by atoms with Crippen LogP contribution in [0, 0.1) is 5.21 Å². The second-order valence-corrected chi connectivity index (χ2v) is 5.14. The average Bonchev–Trinajstić information content (AvgIpc) is 2.07. The van der Waals surface area contributed by atoms with Crippen LogP contribution < -0.4 is 0 Å². The highest BCUT2D eigenvalue weighted by molar-refractivity contribution is 4.84. The number of rotatable bonds is 1. The van der Waals surface area contributed by atoms with Gasteiger partial charge in [-0.25, -0.2) is 0 Å². The minimum atomic E-state index is -0.376. The first-order valence-electron chi connectivity index (χ1n) is 5.27. The van der Waals surface area contributed by atoms with Crippen LogP contribution in [0.2, 0.25) is 0 Å². The lowest BCUT2D eigenvalue weighted by atomic mass is 10.0. The Labute approximate surface area is 86.0 Å². The van der Waals surface area contributed by atoms with Gasteiger partial charge in [0, 0.05) is 5.54 Å². The molecule has 0 aliphatic carbocycles. The van der Waals surface area contributed by atoms with Crippen LogP contribution in [0.4, 0.5) is 0 Å². The number of nitrogens with zero attached hydrogens (tertiary/aromatic N) is 2. The van der Waals surface area contributed by atoms with Crippen molar-refractivity contribution in [2.24, 2.45) is 0 Å². The number of hydrogen-bond acceptors (Lipinski definition) is 4. The normalized spacial score (nSPS) is 31.1. The van der Waals surface area contributed by atoms with Gasteiger partial charge in [0.05, 0.1) is 6.17 Å². The molecule has 0 spiro atoms. The van der Waals surface area contributed by atoms with Crippen LogP contribution in [0.15, 0.2) is 0 Å². The molecule has 0 bridgehead atoms. The molecule has 2 unspecified atom stereocenters. The second-order valence-electron chi connectivity index (χ2n) is 5.14. The van der Waals surface area contributed by atoms with Gasteiger partial charge < -0.3 is 15.5 Å². The maximum Gasteiger partial charge on any atom is 0.0760 e. The summed E-state index contributed by atoms with van der Waals surface area (Å²) >= 11 is 0. The molecule has 1 fully saturated rings. The molecule has 1 aliphatic rings. The van der Waals surface area contributed by atoms with Gasteiger partial charge in [0.25, 0.3) is 0 Å². The third kappa shape index (κ3) is 2.45. The van der Waals surface area contributed by atoms with Crippen molar-refractivity contribution in [3.05, 3.63) is 5.21 Å². The molecular formula is C10H21N2O2-. The molecule has 84 valence electrons. The molecule has 1 N–H and O–H groups in total. The minimum Gasteiger partial charge on any atom is -0.784 e. The van der Waals surface area contributed by atoms with E-state index in [1.54, 1.807) is 0 Å². The Morgan fingerprint density at radius 2 is 1.93 bits per heavy atom. The van der Waals surface area contributed by atoms with Crippen LogP contribution in [0.5, 0.6) is 0 Å². The average molecular weight is 201 g/mol. The van der Waals surface area contributed by atoms with Gasteiger partial charge in [-0.2, -0.15) is 5.06 Å². The summed E-state index contributed by atoms with van der Waals surface area (Å²) in [5, 5.41) is 23.8. The van der Waals surface area contributed by atoms with Crippen LogP contribution in [-0.4, -0.2) is 33.1 Å². The van der Waals surface area contributed by atoms with Gasteiger partial charge in [-0.1, -0.05) is 6.92 Å². The zero-order valence-electron chi connectivity index (χ0n) is 9.53. The van der Waals surface area contributed by atoms with E-state index in [-0.39, 0.29) is 17.7 Å². The summed E-state index contributed by atoms with van der Waals surface area (Å²) in [6.45, 7) is 7.62. The molecule has 0 amide bonds. The molecule has 4 heteroatoms. The highest BCUT2D eigenvalue weighted by Crippen LogP contribution is 2.27. The topological polar surface area (TPSA) is 49.8 Å². The summed E-state index contributed by atoms with van der Waals surface area (Å²) in [6, 6.07) is 0.0192. The zero-order chi connectivity index (χ0) is 10.9. The maximum atomic E-state index is 11.7. The maximum absolute atomic E-state index is 11.7. The number of hydrogen-bond donors (Lipinski definition) is 1. The standard InChI is InChI=1S/C10H21N2O2/c1-8-6-5-7-9(11(8)13)12(14)10(2,3)4/h8-9,14H,5-7H2,1-4H3/q-1. The Morgan fingerprint density at radius 1 is 1.36 bits per heavy atom. The monoisotopic (exact) mass is 201 g/mol. The lowest BCUT2D eigenvalue weighted by Crippen LogP contribution is -2.56. The number of hydroxylamine groups is 4. The molecule has 0 radical (unpaired) electrons. The smallest absolute Gasteiger partial charge is 0.0760 e. The summed E-state index contributed by atoms with van der Waals surface area (Å²) in [4.78, 5) is 0. The molecule has 0 aromatic carbocycles. The Kier molecular flexibility index (Phi) is 3.53. The minimum absolute atomic E-state index is 0.0192. The van der Waals surface area contributed by atoms with E-state index in [0.717, 1.165) is 24.3 Å². The highest BCUT2D eigenvalue weighted by Gasteiger charge is 2.31. The van der Waals surface area contributed by atoms with Gasteiger partial charge in [-0.05, 0) is 46.1 Å². The van der Waals surface area contributed by atoms with E-state index in [2.05, 4.69) is 0 Å². The fourth-order valence-corrected chi connectivity index (χ4v) is 1.82. The first-order chi connectivity index (χ1) is 6.34. The predicted octanol–water partition coefficient (Wildman–Crippen LogP) is 2.17. The summed E-state index contributed by atoms with van der Waals surface area (Å²) in [7, 11) is 0. The summed E-state index contributed by atoms with van der Waals surface area (Å²) in [6.07, 6.45) is 2.32. The van der Waals surface area contributed by atoms with Crippen LogP contribution in [0.1, 0.15) is 47.0 Å². The first-order valence-corrected chi connectivity index (χ1v) is 5.27. The molecule has 0 saturated carbocycles. The van der Waals surface area contributed by atoms with Gasteiger partial charge in [-0.15, -0.1) is 0 Å². The van der Waals surface area contributed by atoms with Crippen LogP contribution in [-0.2, 0) is 0 Å². The molecule has 0 aromatic heterocycles. The zero-order valence-corrected chi connectivity index (χ0v) is 9.53. The largest absolute Gasteiger partial charge is 0.784 e. The van der Waals surface area contributed by atoms with Crippen molar-refractivity contribution in [1.82, 2.24) is 10.1 Å². The first kappa shape index (κ1) is 11.9. The van der Waals surface area contributed by atoms with E-state index in [1.807, 2.05) is 27.7 Å². The van der Waals surface area contributed by atoms with Gasteiger partial charge in [0.1, 0.15) is 0 Å². The van der Waals surface area contributed by atoms with Crippen molar-refractivity contribution in [2.75, 3.05) is 0 Å². The third-order valence-corrected chi connectivity index (χ3v) is 2.78. The molecular weight excluding hydrogens is 180 g/mol. The second kappa shape index (κ2) is 4.14. The van der Waals surface area contributed by atoms with Crippen LogP contribution in [0.25, 0.3) is 0 Å². The molecule has 14 heavy (non-hydrogen) atoms. The molecule has 1 heterocycles. The summed E-state index contributed by atoms with van der Waals surface area (Å²) in [5.74, 6) is 0. The predicted molar refractivity (Wildman–Crippen MR) is 55.7 cm³/mol. The van der Waals surface area contributed by atoms with Crippen LogP contribution >= 0.6 is 0 Å². The van der Waals surface area contributed by atoms with Crippen molar-refractivity contribution < 1.29 is 5.21 Å². The summed E-state index contributed by atoms with van der Waals surface area (Å²) < 4.78 is 0. The molecule has 2 atom stereocenters. The lowest BCUT2D eigenvalue weighted by molar-refractivity contribution is -0.228. The van der Waals surface area contributed by atoms with Crippen molar-refractivity contribution in [3.63, 3.8) is 0 Å². The van der Waals surface area contributed by atoms with Gasteiger partial charge in [0.15, 0.2) is 0 Å². The Morgan fingerprint density at radius 3 is 2.43 bits per heavy atom. The van der Waals surface area contributed by atoms with E-state index in [9.17, 15) is 10.4 Å².